The highest BCUT2D eigenvalue weighted by molar-refractivity contribution is 6.00. The lowest BCUT2D eigenvalue weighted by Gasteiger charge is -2.47. The van der Waals surface area contributed by atoms with Gasteiger partial charge in [-0.1, -0.05) is 30.3 Å². The van der Waals surface area contributed by atoms with Crippen LogP contribution in [-0.4, -0.2) is 36.0 Å². The molecule has 2 saturated heterocycles. The van der Waals surface area contributed by atoms with Gasteiger partial charge in [0.25, 0.3) is 0 Å². The van der Waals surface area contributed by atoms with Gasteiger partial charge in [-0.15, -0.1) is 0 Å². The fourth-order valence-electron chi connectivity index (χ4n) is 4.88. The molecular weight excluding hydrogens is 392 g/mol. The summed E-state index contributed by atoms with van der Waals surface area (Å²) in [6, 6.07) is 16.6. The Morgan fingerprint density at radius 1 is 1.10 bits per heavy atom. The fraction of sp³-hybridized carbons (Fsp3) is 0.400. The number of nitrogens with zero attached hydrogens (tertiary/aromatic N) is 2. The third-order valence-electron chi connectivity index (χ3n) is 6.36. The Kier molecular flexibility index (Phi) is 6.22. The number of Topliss-reactive ketones (excluding diaryl/α,β-unsaturated/α-hetero) is 1. The Labute approximate surface area is 182 Å². The number of nitriles is 1. The normalized spacial score (nSPS) is 22.3. The van der Waals surface area contributed by atoms with Crippen molar-refractivity contribution < 1.29 is 19.1 Å². The molecule has 6 nitrogen and oxygen atoms in total. The van der Waals surface area contributed by atoms with Gasteiger partial charge in [-0.2, -0.15) is 5.26 Å². The van der Waals surface area contributed by atoms with E-state index >= 15 is 0 Å². The van der Waals surface area contributed by atoms with Gasteiger partial charge in [0.15, 0.2) is 5.78 Å². The van der Waals surface area contributed by atoms with Crippen LogP contribution in [0.2, 0.25) is 0 Å². The van der Waals surface area contributed by atoms with Crippen molar-refractivity contribution in [1.29, 1.82) is 5.26 Å². The van der Waals surface area contributed by atoms with Crippen molar-refractivity contribution in [1.82, 2.24) is 4.90 Å². The maximum Gasteiger partial charge on any atom is 0.410 e. The Morgan fingerprint density at radius 2 is 1.81 bits per heavy atom. The maximum absolute atomic E-state index is 13.3. The van der Waals surface area contributed by atoms with Crippen LogP contribution in [0.5, 0.6) is 5.75 Å². The van der Waals surface area contributed by atoms with Crippen LogP contribution in [0.3, 0.4) is 0 Å². The van der Waals surface area contributed by atoms with E-state index in [1.165, 1.54) is 7.11 Å². The van der Waals surface area contributed by atoms with E-state index < -0.39 is 0 Å². The van der Waals surface area contributed by atoms with Crippen LogP contribution in [0.1, 0.15) is 53.6 Å². The number of ketones is 1. The summed E-state index contributed by atoms with van der Waals surface area (Å²) in [5.74, 6) is 0.276. The van der Waals surface area contributed by atoms with Crippen LogP contribution in [0.25, 0.3) is 0 Å². The highest BCUT2D eigenvalue weighted by Gasteiger charge is 2.44. The molecule has 6 heteroatoms. The van der Waals surface area contributed by atoms with Crippen molar-refractivity contribution >= 4 is 11.9 Å². The predicted octanol–water partition coefficient (Wildman–Crippen LogP) is 4.72. The second kappa shape index (κ2) is 9.22. The SMILES string of the molecule is COc1ccc(C#N)cc1C(=O)C1CC2CCCC(C1)N2C(=O)OCc1ccccc1. The van der Waals surface area contributed by atoms with Crippen molar-refractivity contribution in [3.63, 3.8) is 0 Å². The van der Waals surface area contributed by atoms with Crippen LogP contribution in [0.4, 0.5) is 4.79 Å². The standard InChI is InChI=1S/C25H26N2O4/c1-30-23-11-10-18(15-26)12-22(23)24(28)19-13-20-8-5-9-21(14-19)27(20)25(29)31-16-17-6-3-2-4-7-17/h2-4,6-7,10-12,19-21H,5,8-9,13-14,16H2,1H3. The second-order valence-electron chi connectivity index (χ2n) is 8.25. The number of fused-ring (bicyclic) bond motifs is 2. The Morgan fingerprint density at radius 3 is 2.45 bits per heavy atom. The highest BCUT2D eigenvalue weighted by atomic mass is 16.6. The van der Waals surface area contributed by atoms with Crippen molar-refractivity contribution in [2.75, 3.05) is 7.11 Å². The first-order valence-corrected chi connectivity index (χ1v) is 10.7. The number of rotatable bonds is 5. The van der Waals surface area contributed by atoms with Crippen LogP contribution in [0, 0.1) is 17.2 Å². The summed E-state index contributed by atoms with van der Waals surface area (Å²) in [7, 11) is 1.53. The van der Waals surface area contributed by atoms with Gasteiger partial charge in [0, 0.05) is 18.0 Å². The summed E-state index contributed by atoms with van der Waals surface area (Å²) < 4.78 is 11.0. The summed E-state index contributed by atoms with van der Waals surface area (Å²) in [5.41, 5.74) is 1.84. The molecule has 160 valence electrons. The van der Waals surface area contributed by atoms with Gasteiger partial charge in [0.05, 0.1) is 24.3 Å². The first-order valence-electron chi connectivity index (χ1n) is 10.7. The van der Waals surface area contributed by atoms with Crippen LogP contribution < -0.4 is 4.74 Å². The largest absolute Gasteiger partial charge is 0.496 e. The molecule has 31 heavy (non-hydrogen) atoms. The maximum atomic E-state index is 13.3. The monoisotopic (exact) mass is 418 g/mol. The molecule has 2 fully saturated rings. The molecule has 2 aliphatic rings. The predicted molar refractivity (Wildman–Crippen MR) is 115 cm³/mol. The van der Waals surface area contributed by atoms with E-state index in [1.807, 2.05) is 35.2 Å². The van der Waals surface area contributed by atoms with Crippen molar-refractivity contribution in [3.8, 4) is 11.8 Å². The Balaban J connectivity index is 1.48. The number of methoxy groups -OCH3 is 1. The number of amides is 1. The summed E-state index contributed by atoms with van der Waals surface area (Å²) in [5, 5.41) is 9.22. The molecule has 2 aromatic carbocycles. The fourth-order valence-corrected chi connectivity index (χ4v) is 4.88. The molecule has 0 saturated carbocycles. The van der Waals surface area contributed by atoms with Gasteiger partial charge in [-0.25, -0.2) is 4.79 Å². The average molecular weight is 418 g/mol. The average Bonchev–Trinajstić information content (AvgIpc) is 2.81. The molecule has 2 aromatic rings. The molecule has 4 rings (SSSR count). The quantitative estimate of drug-likeness (QED) is 0.657. The lowest BCUT2D eigenvalue weighted by molar-refractivity contribution is 0.00467. The van der Waals surface area contributed by atoms with Gasteiger partial charge >= 0.3 is 6.09 Å². The molecular formula is C25H26N2O4. The van der Waals surface area contributed by atoms with Crippen molar-refractivity contribution in [3.05, 3.63) is 65.2 Å². The molecule has 2 atom stereocenters. The topological polar surface area (TPSA) is 79.6 Å². The number of hydrogen-bond acceptors (Lipinski definition) is 5. The number of ether oxygens (including phenoxy) is 2. The van der Waals surface area contributed by atoms with Gasteiger partial charge in [-0.05, 0) is 55.9 Å². The second-order valence-corrected chi connectivity index (χ2v) is 8.25. The molecule has 0 spiro atoms. The van der Waals surface area contributed by atoms with E-state index in [2.05, 4.69) is 6.07 Å². The van der Waals surface area contributed by atoms with Gasteiger partial charge in [0.2, 0.25) is 0 Å². The zero-order valence-electron chi connectivity index (χ0n) is 17.6. The minimum absolute atomic E-state index is 0.00475. The lowest BCUT2D eigenvalue weighted by Crippen LogP contribution is -2.55. The van der Waals surface area contributed by atoms with Gasteiger partial charge in [-0.3, -0.25) is 4.79 Å². The Bertz CT molecular complexity index is 984. The molecule has 0 aliphatic carbocycles. The molecule has 2 heterocycles. The van der Waals surface area contributed by atoms with Gasteiger partial charge < -0.3 is 14.4 Å². The first kappa shape index (κ1) is 20.9. The number of benzene rings is 2. The molecule has 2 bridgehead atoms. The summed E-state index contributed by atoms with van der Waals surface area (Å²) in [6.07, 6.45) is 3.71. The molecule has 0 radical (unpaired) electrons. The Hall–Kier alpha value is -3.33. The minimum atomic E-state index is -0.298. The summed E-state index contributed by atoms with van der Waals surface area (Å²) in [4.78, 5) is 28.1. The number of carbonyl (C=O) groups excluding carboxylic acids is 2. The van der Waals surface area contributed by atoms with E-state index in [-0.39, 0.29) is 36.5 Å². The van der Waals surface area contributed by atoms with Crippen LogP contribution in [-0.2, 0) is 11.3 Å². The third kappa shape index (κ3) is 4.41. The van der Waals surface area contributed by atoms with E-state index in [4.69, 9.17) is 9.47 Å². The molecule has 2 aliphatic heterocycles. The molecule has 2 unspecified atom stereocenters. The van der Waals surface area contributed by atoms with E-state index in [1.54, 1.807) is 18.2 Å². The van der Waals surface area contributed by atoms with Crippen LogP contribution >= 0.6 is 0 Å². The minimum Gasteiger partial charge on any atom is -0.496 e. The number of piperidine rings is 2. The number of hydrogen-bond donors (Lipinski definition) is 0. The highest BCUT2D eigenvalue weighted by Crippen LogP contribution is 2.39. The number of carbonyl (C=O) groups is 2. The van der Waals surface area contributed by atoms with Crippen LogP contribution in [0.15, 0.2) is 48.5 Å². The summed E-state index contributed by atoms with van der Waals surface area (Å²) >= 11 is 0. The molecule has 0 N–H and O–H groups in total. The molecule has 1 amide bonds. The smallest absolute Gasteiger partial charge is 0.410 e. The van der Waals surface area contributed by atoms with E-state index in [9.17, 15) is 14.9 Å². The van der Waals surface area contributed by atoms with E-state index in [0.717, 1.165) is 24.8 Å². The third-order valence-corrected chi connectivity index (χ3v) is 6.36. The van der Waals surface area contributed by atoms with Gasteiger partial charge in [0.1, 0.15) is 12.4 Å². The summed E-state index contributed by atoms with van der Waals surface area (Å²) in [6.45, 7) is 0.246. The zero-order chi connectivity index (χ0) is 21.8. The van der Waals surface area contributed by atoms with Crippen molar-refractivity contribution in [2.45, 2.75) is 50.8 Å². The van der Waals surface area contributed by atoms with E-state index in [0.29, 0.717) is 29.7 Å². The zero-order valence-corrected chi connectivity index (χ0v) is 17.6. The van der Waals surface area contributed by atoms with Crippen molar-refractivity contribution in [2.24, 2.45) is 5.92 Å². The first-order chi connectivity index (χ1) is 15.1. The molecule has 0 aromatic heterocycles. The lowest BCUT2D eigenvalue weighted by atomic mass is 9.75.